The largest absolute Gasteiger partial charge is 0.394 e. The molecule has 7 nitrogen and oxygen atoms in total. The second kappa shape index (κ2) is 10.2. The SMILES string of the molecule is C[C@H](CCC(=O)N[C@H](CO)CS(=O)(=O)O)[C@H]1CC[C@H]2[C@@H]3CC[C@@H]4C[C@H](O)CC[C@]4(C)[C@H]3CC[C@]12C. The number of carbonyl (C=O) groups is 1. The number of fused-ring (bicyclic) bond motifs is 5. The van der Waals surface area contributed by atoms with E-state index in [0.29, 0.717) is 35.0 Å². The van der Waals surface area contributed by atoms with Crippen molar-refractivity contribution in [1.29, 1.82) is 0 Å². The van der Waals surface area contributed by atoms with Crippen LogP contribution in [0.4, 0.5) is 0 Å². The second-order valence-corrected chi connectivity index (χ2v) is 14.5. The maximum absolute atomic E-state index is 12.4. The summed E-state index contributed by atoms with van der Waals surface area (Å²) in [6.07, 6.45) is 11.7. The van der Waals surface area contributed by atoms with Gasteiger partial charge in [0.25, 0.3) is 10.1 Å². The topological polar surface area (TPSA) is 124 Å². The third-order valence-electron chi connectivity index (χ3n) is 11.2. The van der Waals surface area contributed by atoms with Crippen LogP contribution in [0.5, 0.6) is 0 Å². The van der Waals surface area contributed by atoms with Gasteiger partial charge in [-0.2, -0.15) is 8.42 Å². The van der Waals surface area contributed by atoms with E-state index in [1.807, 2.05) is 0 Å². The molecule has 4 aliphatic carbocycles. The first-order valence-corrected chi connectivity index (χ1v) is 15.5. The molecule has 0 saturated heterocycles. The van der Waals surface area contributed by atoms with Crippen LogP contribution in [0.1, 0.15) is 91.4 Å². The molecular weight excluding hydrogens is 466 g/mol. The second-order valence-electron chi connectivity index (χ2n) is 13.0. The number of hydrogen-bond donors (Lipinski definition) is 4. The van der Waals surface area contributed by atoms with Crippen LogP contribution in [0.15, 0.2) is 0 Å². The number of nitrogens with one attached hydrogen (secondary N) is 1. The standard InChI is InChI=1S/C27H47NO6S/c1-17(4-9-25(31)28-19(15-29)16-35(32,33)34)22-7-8-23-21-6-5-18-14-20(30)10-12-26(18,2)24(21)11-13-27(22,23)3/h17-24,29-30H,4-16H2,1-3H3,(H,28,31)(H,32,33,34)/t17-,18-,19-,20-,21+,22-,23+,24+,26+,27-/m1/s1. The zero-order chi connectivity index (χ0) is 25.6. The van der Waals surface area contributed by atoms with Gasteiger partial charge >= 0.3 is 0 Å². The van der Waals surface area contributed by atoms with Crippen LogP contribution in [-0.2, 0) is 14.9 Å². The Morgan fingerprint density at radius 1 is 1.03 bits per heavy atom. The van der Waals surface area contributed by atoms with E-state index in [1.54, 1.807) is 0 Å². The van der Waals surface area contributed by atoms with Crippen molar-refractivity contribution in [3.05, 3.63) is 0 Å². The third-order valence-corrected chi connectivity index (χ3v) is 12.0. The Morgan fingerprint density at radius 3 is 2.40 bits per heavy atom. The fraction of sp³-hybridized carbons (Fsp3) is 0.963. The van der Waals surface area contributed by atoms with Crippen molar-refractivity contribution >= 4 is 16.0 Å². The molecule has 0 aliphatic heterocycles. The summed E-state index contributed by atoms with van der Waals surface area (Å²) in [5, 5.41) is 22.2. The van der Waals surface area contributed by atoms with Gasteiger partial charge in [0.05, 0.1) is 24.5 Å². The molecule has 0 aromatic carbocycles. The van der Waals surface area contributed by atoms with Crippen LogP contribution in [0, 0.1) is 46.3 Å². The minimum atomic E-state index is -4.26. The predicted octanol–water partition coefficient (Wildman–Crippen LogP) is 3.79. The first-order valence-electron chi connectivity index (χ1n) is 13.9. The summed E-state index contributed by atoms with van der Waals surface area (Å²) >= 11 is 0. The van der Waals surface area contributed by atoms with Gasteiger partial charge in [0, 0.05) is 6.42 Å². The Balaban J connectivity index is 1.36. The highest BCUT2D eigenvalue weighted by Crippen LogP contribution is 2.68. The highest BCUT2D eigenvalue weighted by molar-refractivity contribution is 7.85. The smallest absolute Gasteiger partial charge is 0.266 e. The Hall–Kier alpha value is -0.700. The molecule has 0 bridgehead atoms. The van der Waals surface area contributed by atoms with Crippen LogP contribution >= 0.6 is 0 Å². The summed E-state index contributed by atoms with van der Waals surface area (Å²) < 4.78 is 31.2. The molecule has 202 valence electrons. The van der Waals surface area contributed by atoms with E-state index in [9.17, 15) is 23.4 Å². The molecule has 0 unspecified atom stereocenters. The summed E-state index contributed by atoms with van der Waals surface area (Å²) in [6, 6.07) is -0.978. The normalized spacial score (nSPS) is 42.9. The van der Waals surface area contributed by atoms with Gasteiger partial charge < -0.3 is 15.5 Å². The van der Waals surface area contributed by atoms with Gasteiger partial charge in [0.15, 0.2) is 0 Å². The minimum absolute atomic E-state index is 0.104. The van der Waals surface area contributed by atoms with Gasteiger partial charge in [0.2, 0.25) is 5.91 Å². The van der Waals surface area contributed by atoms with E-state index < -0.39 is 28.5 Å². The average molecular weight is 514 g/mol. The predicted molar refractivity (Wildman–Crippen MR) is 135 cm³/mol. The molecule has 0 radical (unpaired) electrons. The zero-order valence-corrected chi connectivity index (χ0v) is 22.6. The first-order chi connectivity index (χ1) is 16.4. The molecule has 4 rings (SSSR count). The maximum Gasteiger partial charge on any atom is 0.266 e. The van der Waals surface area contributed by atoms with Gasteiger partial charge in [0.1, 0.15) is 0 Å². The highest BCUT2D eigenvalue weighted by Gasteiger charge is 2.60. The number of rotatable bonds is 8. The van der Waals surface area contributed by atoms with Crippen LogP contribution in [0.3, 0.4) is 0 Å². The maximum atomic E-state index is 12.4. The summed E-state index contributed by atoms with van der Waals surface area (Å²) in [4.78, 5) is 12.4. The highest BCUT2D eigenvalue weighted by atomic mass is 32.2. The van der Waals surface area contributed by atoms with E-state index in [2.05, 4.69) is 26.1 Å². The molecular formula is C27H47NO6S. The van der Waals surface area contributed by atoms with Crippen molar-refractivity contribution < 1.29 is 28.0 Å². The first kappa shape index (κ1) is 27.3. The lowest BCUT2D eigenvalue weighted by Crippen LogP contribution is -2.54. The van der Waals surface area contributed by atoms with Crippen LogP contribution < -0.4 is 5.32 Å². The summed E-state index contributed by atoms with van der Waals surface area (Å²) in [6.45, 7) is 6.78. The molecule has 0 aromatic heterocycles. The van der Waals surface area contributed by atoms with Crippen LogP contribution in [0.25, 0.3) is 0 Å². The van der Waals surface area contributed by atoms with E-state index in [-0.39, 0.29) is 12.0 Å². The zero-order valence-electron chi connectivity index (χ0n) is 21.8. The van der Waals surface area contributed by atoms with Gasteiger partial charge in [-0.3, -0.25) is 9.35 Å². The Bertz CT molecular complexity index is 879. The fourth-order valence-corrected chi connectivity index (χ4v) is 10.2. The summed E-state index contributed by atoms with van der Waals surface area (Å²) in [7, 11) is -4.26. The average Bonchev–Trinajstić information content (AvgIpc) is 3.14. The molecule has 4 N–H and O–H groups in total. The Morgan fingerprint density at radius 2 is 1.71 bits per heavy atom. The summed E-state index contributed by atoms with van der Waals surface area (Å²) in [5.41, 5.74) is 0.698. The number of aliphatic hydroxyl groups excluding tert-OH is 2. The van der Waals surface area contributed by atoms with Crippen LogP contribution in [0.2, 0.25) is 0 Å². The third kappa shape index (κ3) is 5.46. The van der Waals surface area contributed by atoms with Gasteiger partial charge in [-0.25, -0.2) is 0 Å². The van der Waals surface area contributed by atoms with Gasteiger partial charge in [-0.05, 0) is 111 Å². The quantitative estimate of drug-likeness (QED) is 0.366. The van der Waals surface area contributed by atoms with Crippen molar-refractivity contribution in [2.75, 3.05) is 12.4 Å². The van der Waals surface area contributed by atoms with Crippen molar-refractivity contribution in [3.63, 3.8) is 0 Å². The number of amides is 1. The van der Waals surface area contributed by atoms with E-state index in [0.717, 1.165) is 37.0 Å². The van der Waals surface area contributed by atoms with E-state index in [4.69, 9.17) is 4.55 Å². The lowest BCUT2D eigenvalue weighted by Gasteiger charge is -2.61. The molecule has 35 heavy (non-hydrogen) atoms. The number of aliphatic hydroxyl groups is 2. The number of carbonyl (C=O) groups excluding carboxylic acids is 1. The molecule has 8 heteroatoms. The minimum Gasteiger partial charge on any atom is -0.394 e. The molecule has 0 heterocycles. The van der Waals surface area contributed by atoms with Crippen molar-refractivity contribution in [1.82, 2.24) is 5.32 Å². The van der Waals surface area contributed by atoms with Gasteiger partial charge in [-0.15, -0.1) is 0 Å². The lowest BCUT2D eigenvalue weighted by atomic mass is 9.44. The molecule has 10 atom stereocenters. The van der Waals surface area contributed by atoms with Crippen molar-refractivity contribution in [2.45, 2.75) is 104 Å². The monoisotopic (exact) mass is 513 g/mol. The summed E-state index contributed by atoms with van der Waals surface area (Å²) in [5.74, 6) is 3.05. The fourth-order valence-electron chi connectivity index (χ4n) is 9.46. The van der Waals surface area contributed by atoms with Gasteiger partial charge in [-0.1, -0.05) is 20.8 Å². The van der Waals surface area contributed by atoms with Crippen LogP contribution in [-0.4, -0.2) is 53.6 Å². The molecule has 4 saturated carbocycles. The van der Waals surface area contributed by atoms with E-state index in [1.165, 1.54) is 44.9 Å². The molecule has 4 aliphatic rings. The molecule has 4 fully saturated rings. The van der Waals surface area contributed by atoms with Crippen molar-refractivity contribution in [2.24, 2.45) is 46.3 Å². The molecule has 0 aromatic rings. The Kier molecular flexibility index (Phi) is 7.98. The molecule has 1 amide bonds. The lowest BCUT2D eigenvalue weighted by molar-refractivity contribution is -0.130. The molecule has 0 spiro atoms. The van der Waals surface area contributed by atoms with E-state index >= 15 is 0 Å². The Labute approximate surface area is 211 Å². The van der Waals surface area contributed by atoms with Crippen molar-refractivity contribution in [3.8, 4) is 0 Å². The number of hydrogen-bond acceptors (Lipinski definition) is 5.